The van der Waals surface area contributed by atoms with Gasteiger partial charge in [-0.2, -0.15) is 0 Å². The molecule has 0 aliphatic carbocycles. The summed E-state index contributed by atoms with van der Waals surface area (Å²) < 4.78 is 0. The average molecular weight is 451 g/mol. The largest absolute Gasteiger partial charge is 0.363 e. The van der Waals surface area contributed by atoms with Crippen LogP contribution in [-0.2, 0) is 9.59 Å². The highest BCUT2D eigenvalue weighted by Crippen LogP contribution is 2.39. The van der Waals surface area contributed by atoms with Crippen LogP contribution in [0.2, 0.25) is 5.02 Å². The van der Waals surface area contributed by atoms with Gasteiger partial charge in [0.25, 0.3) is 11.8 Å². The second kappa shape index (κ2) is 8.17. The molecule has 1 fully saturated rings. The third-order valence-electron chi connectivity index (χ3n) is 5.49. The highest BCUT2D eigenvalue weighted by molar-refractivity contribution is 7.11. The molecule has 0 spiro atoms. The van der Waals surface area contributed by atoms with E-state index in [1.54, 1.807) is 30.5 Å². The second-order valence-electron chi connectivity index (χ2n) is 7.26. The Morgan fingerprint density at radius 3 is 2.26 bits per heavy atom. The van der Waals surface area contributed by atoms with Crippen LogP contribution in [0.5, 0.6) is 0 Å². The van der Waals surface area contributed by atoms with Gasteiger partial charge >= 0.3 is 0 Å². The Morgan fingerprint density at radius 2 is 1.58 bits per heavy atom. The maximum atomic E-state index is 13.6. The lowest BCUT2D eigenvalue weighted by Crippen LogP contribution is -2.48. The van der Waals surface area contributed by atoms with Gasteiger partial charge in [-0.25, -0.2) is 9.88 Å². The summed E-state index contributed by atoms with van der Waals surface area (Å²) >= 11 is 7.79. The predicted molar refractivity (Wildman–Crippen MR) is 123 cm³/mol. The van der Waals surface area contributed by atoms with E-state index in [9.17, 15) is 9.59 Å². The highest BCUT2D eigenvalue weighted by atomic mass is 35.5. The molecule has 0 atom stereocenters. The standard InChI is InChI=1S/C23H19ClN4O2S/c24-16-6-1-2-7-17(16)28-22(29)20(18-8-5-15-31-18)21(23(28)30)27-13-11-26(12-14-27)19-9-3-4-10-25-19/h1-10,15H,11-14H2. The van der Waals surface area contributed by atoms with Gasteiger partial charge in [-0.15, -0.1) is 11.3 Å². The monoisotopic (exact) mass is 450 g/mol. The van der Waals surface area contributed by atoms with E-state index < -0.39 is 0 Å². The minimum atomic E-state index is -0.331. The number of nitrogens with zero attached hydrogens (tertiary/aromatic N) is 4. The summed E-state index contributed by atoms with van der Waals surface area (Å²) in [4.78, 5) is 37.6. The van der Waals surface area contributed by atoms with Crippen LogP contribution in [0.3, 0.4) is 0 Å². The number of para-hydroxylation sites is 1. The topological polar surface area (TPSA) is 56.8 Å². The van der Waals surface area contributed by atoms with Gasteiger partial charge in [0.15, 0.2) is 0 Å². The summed E-state index contributed by atoms with van der Waals surface area (Å²) in [7, 11) is 0. The van der Waals surface area contributed by atoms with Crippen LogP contribution >= 0.6 is 22.9 Å². The Kier molecular flexibility index (Phi) is 5.21. The number of halogens is 1. The molecule has 5 rings (SSSR count). The summed E-state index contributed by atoms with van der Waals surface area (Å²) in [5.74, 6) is 0.261. The summed E-state index contributed by atoms with van der Waals surface area (Å²) in [6, 6.07) is 16.5. The number of carbonyl (C=O) groups is 2. The van der Waals surface area contributed by atoms with E-state index in [1.807, 2.05) is 40.6 Å². The molecule has 2 amide bonds. The Labute approximate surface area is 189 Å². The first-order valence-corrected chi connectivity index (χ1v) is 11.2. The van der Waals surface area contributed by atoms with Gasteiger partial charge in [0.1, 0.15) is 11.5 Å². The van der Waals surface area contributed by atoms with Gasteiger partial charge in [-0.05, 0) is 35.7 Å². The number of imide groups is 1. The van der Waals surface area contributed by atoms with Gasteiger partial charge in [-0.1, -0.05) is 35.9 Å². The second-order valence-corrected chi connectivity index (χ2v) is 8.61. The fourth-order valence-electron chi connectivity index (χ4n) is 4.01. The zero-order valence-electron chi connectivity index (χ0n) is 16.6. The van der Waals surface area contributed by atoms with E-state index in [2.05, 4.69) is 9.88 Å². The van der Waals surface area contributed by atoms with Crippen molar-refractivity contribution < 1.29 is 9.59 Å². The van der Waals surface area contributed by atoms with Crippen molar-refractivity contribution in [2.24, 2.45) is 0 Å². The molecule has 2 aromatic heterocycles. The summed E-state index contributed by atoms with van der Waals surface area (Å²) in [6.45, 7) is 2.67. The van der Waals surface area contributed by atoms with E-state index in [-0.39, 0.29) is 11.8 Å². The molecular formula is C23H19ClN4O2S. The van der Waals surface area contributed by atoms with Gasteiger partial charge < -0.3 is 9.80 Å². The number of hydrogen-bond acceptors (Lipinski definition) is 6. The number of hydrogen-bond donors (Lipinski definition) is 0. The van der Waals surface area contributed by atoms with Crippen molar-refractivity contribution in [3.63, 3.8) is 0 Å². The van der Waals surface area contributed by atoms with Crippen LogP contribution in [-0.4, -0.2) is 47.9 Å². The molecule has 2 aliphatic heterocycles. The smallest absolute Gasteiger partial charge is 0.282 e. The van der Waals surface area contributed by atoms with Crippen LogP contribution in [0, 0.1) is 0 Å². The number of carbonyl (C=O) groups excluding carboxylic acids is 2. The molecule has 1 saturated heterocycles. The van der Waals surface area contributed by atoms with Crippen molar-refractivity contribution >= 4 is 51.8 Å². The van der Waals surface area contributed by atoms with Crippen molar-refractivity contribution in [2.75, 3.05) is 36.0 Å². The number of anilines is 2. The molecule has 0 N–H and O–H groups in total. The Bertz CT molecular complexity index is 1160. The van der Waals surface area contributed by atoms with E-state index in [0.29, 0.717) is 48.2 Å². The van der Waals surface area contributed by atoms with Crippen molar-refractivity contribution in [3.05, 3.63) is 81.8 Å². The van der Waals surface area contributed by atoms with E-state index in [4.69, 9.17) is 11.6 Å². The van der Waals surface area contributed by atoms with E-state index in [1.165, 1.54) is 16.2 Å². The van der Waals surface area contributed by atoms with Crippen LogP contribution < -0.4 is 9.80 Å². The van der Waals surface area contributed by atoms with Gasteiger partial charge in [0, 0.05) is 37.3 Å². The number of pyridine rings is 1. The minimum Gasteiger partial charge on any atom is -0.363 e. The van der Waals surface area contributed by atoms with Crippen molar-refractivity contribution in [2.45, 2.75) is 0 Å². The Morgan fingerprint density at radius 1 is 0.839 bits per heavy atom. The quantitative estimate of drug-likeness (QED) is 0.564. The predicted octanol–water partition coefficient (Wildman–Crippen LogP) is 3.90. The average Bonchev–Trinajstić information content (AvgIpc) is 3.41. The minimum absolute atomic E-state index is 0.326. The van der Waals surface area contributed by atoms with Gasteiger partial charge in [0.05, 0.1) is 16.3 Å². The molecule has 0 unspecified atom stereocenters. The number of amides is 2. The molecule has 1 aromatic carbocycles. The number of piperazine rings is 1. The van der Waals surface area contributed by atoms with E-state index >= 15 is 0 Å². The number of rotatable bonds is 4. The molecule has 31 heavy (non-hydrogen) atoms. The van der Waals surface area contributed by atoms with Gasteiger partial charge in [-0.3, -0.25) is 9.59 Å². The lowest BCUT2D eigenvalue weighted by Gasteiger charge is -2.37. The van der Waals surface area contributed by atoms with E-state index in [0.717, 1.165) is 10.7 Å². The zero-order chi connectivity index (χ0) is 21.4. The highest BCUT2D eigenvalue weighted by Gasteiger charge is 2.44. The maximum absolute atomic E-state index is 13.6. The first-order valence-electron chi connectivity index (χ1n) is 9.97. The van der Waals surface area contributed by atoms with Crippen molar-refractivity contribution in [1.82, 2.24) is 9.88 Å². The third kappa shape index (κ3) is 3.49. The van der Waals surface area contributed by atoms with Crippen molar-refractivity contribution in [1.29, 1.82) is 0 Å². The molecule has 156 valence electrons. The molecule has 4 heterocycles. The Hall–Kier alpha value is -3.16. The fourth-order valence-corrected chi connectivity index (χ4v) is 4.99. The summed E-state index contributed by atoms with van der Waals surface area (Å²) in [5.41, 5.74) is 1.31. The fraction of sp³-hybridized carbons (Fsp3) is 0.174. The summed E-state index contributed by atoms with van der Waals surface area (Å²) in [5, 5.41) is 2.28. The third-order valence-corrected chi connectivity index (χ3v) is 6.70. The molecule has 3 aromatic rings. The normalized spacial score (nSPS) is 17.1. The molecular weight excluding hydrogens is 432 g/mol. The lowest BCUT2D eigenvalue weighted by molar-refractivity contribution is -0.120. The SMILES string of the molecule is O=C1C(c2cccs2)=C(N2CCN(c3ccccn3)CC2)C(=O)N1c1ccccc1Cl. The van der Waals surface area contributed by atoms with Crippen molar-refractivity contribution in [3.8, 4) is 0 Å². The van der Waals surface area contributed by atoms with Crippen LogP contribution in [0.4, 0.5) is 11.5 Å². The Balaban J connectivity index is 1.49. The molecule has 0 saturated carbocycles. The molecule has 8 heteroatoms. The summed E-state index contributed by atoms with van der Waals surface area (Å²) in [6.07, 6.45) is 1.78. The number of benzene rings is 1. The van der Waals surface area contributed by atoms with Gasteiger partial charge in [0.2, 0.25) is 0 Å². The van der Waals surface area contributed by atoms with Crippen LogP contribution in [0.15, 0.2) is 71.9 Å². The first-order chi connectivity index (χ1) is 15.1. The molecule has 6 nitrogen and oxygen atoms in total. The van der Waals surface area contributed by atoms with Crippen LogP contribution in [0.25, 0.3) is 5.57 Å². The van der Waals surface area contributed by atoms with Crippen LogP contribution in [0.1, 0.15) is 4.88 Å². The lowest BCUT2D eigenvalue weighted by atomic mass is 10.1. The number of thiophene rings is 1. The first kappa shape index (κ1) is 19.8. The molecule has 0 bridgehead atoms. The number of aromatic nitrogens is 1. The molecule has 0 radical (unpaired) electrons. The molecule has 2 aliphatic rings. The maximum Gasteiger partial charge on any atom is 0.282 e. The zero-order valence-corrected chi connectivity index (χ0v) is 18.1.